The summed E-state index contributed by atoms with van der Waals surface area (Å²) in [6.07, 6.45) is 0. The van der Waals surface area contributed by atoms with Crippen LogP contribution in [0.5, 0.6) is 0 Å². The molecule has 0 bridgehead atoms. The number of hydrogen-bond donors (Lipinski definition) is 2. The van der Waals surface area contributed by atoms with Gasteiger partial charge in [0.15, 0.2) is 0 Å². The number of carbonyl (C=O) groups is 2. The van der Waals surface area contributed by atoms with E-state index < -0.39 is 35.3 Å². The molecule has 0 aliphatic carbocycles. The molecule has 0 saturated heterocycles. The lowest BCUT2D eigenvalue weighted by molar-refractivity contribution is -0.118. The summed E-state index contributed by atoms with van der Waals surface area (Å²) in [6, 6.07) is 7.05. The second-order valence-electron chi connectivity index (χ2n) is 5.79. The van der Waals surface area contributed by atoms with Gasteiger partial charge < -0.3 is 10.6 Å². The van der Waals surface area contributed by atoms with Crippen molar-refractivity contribution >= 4 is 17.5 Å². The first-order valence-electron chi connectivity index (χ1n) is 7.61. The van der Waals surface area contributed by atoms with E-state index in [1.54, 1.807) is 13.8 Å². The summed E-state index contributed by atoms with van der Waals surface area (Å²) in [5, 5.41) is 4.74. The van der Waals surface area contributed by atoms with E-state index in [1.165, 1.54) is 18.2 Å². The van der Waals surface area contributed by atoms with Crippen LogP contribution in [0.2, 0.25) is 0 Å². The minimum Gasteiger partial charge on any atom is -0.340 e. The maximum Gasteiger partial charge on any atom is 0.254 e. The van der Waals surface area contributed by atoms with Gasteiger partial charge in [0.2, 0.25) is 5.91 Å². The molecule has 2 N–H and O–H groups in total. The van der Waals surface area contributed by atoms with Gasteiger partial charge in [0.05, 0.1) is 11.3 Å². The van der Waals surface area contributed by atoms with Crippen LogP contribution in [0.1, 0.15) is 24.2 Å². The monoisotopic (exact) mass is 350 g/mol. The summed E-state index contributed by atoms with van der Waals surface area (Å²) in [4.78, 5) is 24.6. The Bertz CT molecular complexity index is 794. The Kier molecular flexibility index (Phi) is 5.80. The zero-order valence-corrected chi connectivity index (χ0v) is 13.6. The van der Waals surface area contributed by atoms with Crippen molar-refractivity contribution in [2.24, 2.45) is 5.92 Å². The van der Waals surface area contributed by atoms with Gasteiger partial charge in [0.1, 0.15) is 23.5 Å². The predicted octanol–water partition coefficient (Wildman–Crippen LogP) is 3.50. The molecule has 25 heavy (non-hydrogen) atoms. The Hall–Kier alpha value is -2.83. The maximum atomic E-state index is 13.7. The predicted molar refractivity (Wildman–Crippen MR) is 87.5 cm³/mol. The molecule has 0 spiro atoms. The van der Waals surface area contributed by atoms with Gasteiger partial charge in [-0.1, -0.05) is 26.0 Å². The van der Waals surface area contributed by atoms with Crippen LogP contribution in [0.3, 0.4) is 0 Å². The fourth-order valence-electron chi connectivity index (χ4n) is 2.20. The summed E-state index contributed by atoms with van der Waals surface area (Å²) in [7, 11) is 0. The van der Waals surface area contributed by atoms with Gasteiger partial charge in [-0.2, -0.15) is 0 Å². The Labute approximate surface area is 143 Å². The molecule has 132 valence electrons. The molecule has 0 unspecified atom stereocenters. The lowest BCUT2D eigenvalue weighted by Gasteiger charge is -2.22. The number of anilines is 1. The number of carbonyl (C=O) groups excluding carboxylic acids is 2. The van der Waals surface area contributed by atoms with Crippen LogP contribution in [0.15, 0.2) is 42.5 Å². The average molecular weight is 350 g/mol. The third-order valence-electron chi connectivity index (χ3n) is 3.54. The molecule has 0 fully saturated rings. The van der Waals surface area contributed by atoms with Crippen molar-refractivity contribution in [3.63, 3.8) is 0 Å². The standard InChI is InChI=1S/C18H17F3N2O2/c1-10(2)16(23-17(24)12-5-3-4-6-13(12)20)18(25)22-15-8-7-11(19)9-14(15)21/h3-10,16H,1-2H3,(H,22,25)(H,23,24)/t16-/m0/s1. The van der Waals surface area contributed by atoms with E-state index in [0.29, 0.717) is 6.07 Å². The number of halogens is 3. The zero-order valence-electron chi connectivity index (χ0n) is 13.6. The highest BCUT2D eigenvalue weighted by molar-refractivity contribution is 6.01. The third-order valence-corrected chi connectivity index (χ3v) is 3.54. The first-order chi connectivity index (χ1) is 11.8. The topological polar surface area (TPSA) is 58.2 Å². The van der Waals surface area contributed by atoms with Crippen molar-refractivity contribution in [2.75, 3.05) is 5.32 Å². The fraction of sp³-hybridized carbons (Fsp3) is 0.222. The normalized spacial score (nSPS) is 11.9. The van der Waals surface area contributed by atoms with E-state index in [9.17, 15) is 22.8 Å². The van der Waals surface area contributed by atoms with Gasteiger partial charge in [-0.05, 0) is 30.2 Å². The Morgan fingerprint density at radius 2 is 1.64 bits per heavy atom. The number of amides is 2. The number of nitrogens with one attached hydrogen (secondary N) is 2. The molecule has 4 nitrogen and oxygen atoms in total. The van der Waals surface area contributed by atoms with Gasteiger partial charge in [0.25, 0.3) is 5.91 Å². The van der Waals surface area contributed by atoms with Crippen molar-refractivity contribution in [3.05, 3.63) is 65.5 Å². The molecule has 0 aromatic heterocycles. The van der Waals surface area contributed by atoms with Crippen molar-refractivity contribution in [1.29, 1.82) is 0 Å². The van der Waals surface area contributed by atoms with Gasteiger partial charge in [-0.15, -0.1) is 0 Å². The second kappa shape index (κ2) is 7.83. The van der Waals surface area contributed by atoms with Crippen LogP contribution >= 0.6 is 0 Å². The Morgan fingerprint density at radius 1 is 0.960 bits per heavy atom. The van der Waals surface area contributed by atoms with Crippen molar-refractivity contribution in [3.8, 4) is 0 Å². The van der Waals surface area contributed by atoms with Gasteiger partial charge in [-0.3, -0.25) is 9.59 Å². The third kappa shape index (κ3) is 4.59. The molecule has 0 aliphatic heterocycles. The van der Waals surface area contributed by atoms with Crippen LogP contribution in [0.25, 0.3) is 0 Å². The molecule has 2 amide bonds. The highest BCUT2D eigenvalue weighted by Crippen LogP contribution is 2.16. The van der Waals surface area contributed by atoms with E-state index in [0.717, 1.165) is 18.2 Å². The van der Waals surface area contributed by atoms with E-state index in [2.05, 4.69) is 10.6 Å². The van der Waals surface area contributed by atoms with Crippen LogP contribution in [-0.4, -0.2) is 17.9 Å². The van der Waals surface area contributed by atoms with Crippen LogP contribution in [0.4, 0.5) is 18.9 Å². The summed E-state index contributed by atoms with van der Waals surface area (Å²) < 4.78 is 40.3. The Balaban J connectivity index is 2.16. The smallest absolute Gasteiger partial charge is 0.254 e. The van der Waals surface area contributed by atoms with Crippen LogP contribution in [-0.2, 0) is 4.79 Å². The van der Waals surface area contributed by atoms with Crippen LogP contribution < -0.4 is 10.6 Å². The summed E-state index contributed by atoms with van der Waals surface area (Å²) in [5.74, 6) is -4.22. The van der Waals surface area contributed by atoms with Crippen molar-refractivity contribution < 1.29 is 22.8 Å². The minimum atomic E-state index is -1.03. The zero-order chi connectivity index (χ0) is 18.6. The van der Waals surface area contributed by atoms with Gasteiger partial charge in [-0.25, -0.2) is 13.2 Å². The molecular weight excluding hydrogens is 333 g/mol. The minimum absolute atomic E-state index is 0.200. The summed E-state index contributed by atoms with van der Waals surface area (Å²) >= 11 is 0. The average Bonchev–Trinajstić information content (AvgIpc) is 2.55. The maximum absolute atomic E-state index is 13.7. The molecule has 2 aromatic rings. The van der Waals surface area contributed by atoms with E-state index in [-0.39, 0.29) is 17.2 Å². The quantitative estimate of drug-likeness (QED) is 0.867. The number of rotatable bonds is 5. The molecule has 2 rings (SSSR count). The van der Waals surface area contributed by atoms with E-state index >= 15 is 0 Å². The molecule has 0 aliphatic rings. The molecule has 0 radical (unpaired) electrons. The number of hydrogen-bond acceptors (Lipinski definition) is 2. The number of benzene rings is 2. The SMILES string of the molecule is CC(C)[C@H](NC(=O)c1ccccc1F)C(=O)Nc1ccc(F)cc1F. The molecule has 7 heteroatoms. The molecule has 1 atom stereocenters. The summed E-state index contributed by atoms with van der Waals surface area (Å²) in [5.41, 5.74) is -0.411. The highest BCUT2D eigenvalue weighted by Gasteiger charge is 2.26. The second-order valence-corrected chi connectivity index (χ2v) is 5.79. The first-order valence-corrected chi connectivity index (χ1v) is 7.61. The van der Waals surface area contributed by atoms with E-state index in [4.69, 9.17) is 0 Å². The van der Waals surface area contributed by atoms with Gasteiger partial charge in [0, 0.05) is 6.07 Å². The molecule has 0 heterocycles. The highest BCUT2D eigenvalue weighted by atomic mass is 19.1. The van der Waals surface area contributed by atoms with Crippen molar-refractivity contribution in [1.82, 2.24) is 5.32 Å². The first kappa shape index (κ1) is 18.5. The largest absolute Gasteiger partial charge is 0.340 e. The van der Waals surface area contributed by atoms with E-state index in [1.807, 2.05) is 0 Å². The van der Waals surface area contributed by atoms with Gasteiger partial charge >= 0.3 is 0 Å². The van der Waals surface area contributed by atoms with Crippen LogP contribution in [0, 0.1) is 23.4 Å². The lowest BCUT2D eigenvalue weighted by atomic mass is 10.0. The van der Waals surface area contributed by atoms with Crippen molar-refractivity contribution in [2.45, 2.75) is 19.9 Å². The Morgan fingerprint density at radius 3 is 2.24 bits per heavy atom. The molecular formula is C18H17F3N2O2. The fourth-order valence-corrected chi connectivity index (χ4v) is 2.20. The summed E-state index contributed by atoms with van der Waals surface area (Å²) in [6.45, 7) is 3.35. The molecule has 0 saturated carbocycles. The molecule has 2 aromatic carbocycles. The lowest BCUT2D eigenvalue weighted by Crippen LogP contribution is -2.47.